The molecule has 3 heteroatoms. The topological polar surface area (TPSA) is 41.8 Å². The van der Waals surface area contributed by atoms with Crippen LogP contribution in [0.4, 0.5) is 0 Å². The molecule has 0 aliphatic rings. The molecule has 0 spiro atoms. The SMILES string of the molecule is CCC(O)O/N=C/c1ccc(C(C)(C)C)cc1. The summed E-state index contributed by atoms with van der Waals surface area (Å²) in [6, 6.07) is 8.15. The summed E-state index contributed by atoms with van der Waals surface area (Å²) in [4.78, 5) is 4.82. The molecule has 3 nitrogen and oxygen atoms in total. The Morgan fingerprint density at radius 1 is 1.29 bits per heavy atom. The van der Waals surface area contributed by atoms with Gasteiger partial charge in [-0.2, -0.15) is 0 Å². The Labute approximate surface area is 103 Å². The first kappa shape index (κ1) is 13.7. The monoisotopic (exact) mass is 235 g/mol. The molecule has 1 aromatic carbocycles. The lowest BCUT2D eigenvalue weighted by atomic mass is 9.87. The second-order valence-electron chi connectivity index (χ2n) is 5.07. The van der Waals surface area contributed by atoms with Crippen molar-refractivity contribution in [3.63, 3.8) is 0 Å². The van der Waals surface area contributed by atoms with Crippen LogP contribution in [-0.2, 0) is 10.3 Å². The van der Waals surface area contributed by atoms with E-state index in [9.17, 15) is 0 Å². The van der Waals surface area contributed by atoms with E-state index in [1.54, 1.807) is 6.21 Å². The predicted molar refractivity (Wildman–Crippen MR) is 70.1 cm³/mol. The Hall–Kier alpha value is -1.35. The van der Waals surface area contributed by atoms with Gasteiger partial charge in [0.2, 0.25) is 6.29 Å². The van der Waals surface area contributed by atoms with E-state index in [4.69, 9.17) is 9.94 Å². The van der Waals surface area contributed by atoms with Crippen molar-refractivity contribution in [1.29, 1.82) is 0 Å². The van der Waals surface area contributed by atoms with E-state index in [1.807, 2.05) is 19.1 Å². The lowest BCUT2D eigenvalue weighted by molar-refractivity contribution is -0.0983. The highest BCUT2D eigenvalue weighted by atomic mass is 16.7. The van der Waals surface area contributed by atoms with Gasteiger partial charge in [-0.25, -0.2) is 0 Å². The van der Waals surface area contributed by atoms with Crippen molar-refractivity contribution in [2.24, 2.45) is 5.16 Å². The van der Waals surface area contributed by atoms with E-state index in [1.165, 1.54) is 5.56 Å². The molecule has 0 radical (unpaired) electrons. The molecule has 0 fully saturated rings. The molecule has 1 atom stereocenters. The van der Waals surface area contributed by atoms with Crippen LogP contribution in [0.2, 0.25) is 0 Å². The van der Waals surface area contributed by atoms with Crippen molar-refractivity contribution in [2.45, 2.75) is 45.8 Å². The van der Waals surface area contributed by atoms with Crippen LogP contribution >= 0.6 is 0 Å². The normalized spacial score (nSPS) is 13.9. The first-order chi connectivity index (χ1) is 7.93. The minimum absolute atomic E-state index is 0.157. The molecule has 0 saturated carbocycles. The Morgan fingerprint density at radius 2 is 1.88 bits per heavy atom. The summed E-state index contributed by atoms with van der Waals surface area (Å²) in [6.45, 7) is 8.36. The van der Waals surface area contributed by atoms with Gasteiger partial charge in [-0.3, -0.25) is 0 Å². The van der Waals surface area contributed by atoms with Gasteiger partial charge in [0.15, 0.2) is 0 Å². The largest absolute Gasteiger partial charge is 0.364 e. The zero-order valence-corrected chi connectivity index (χ0v) is 11.0. The van der Waals surface area contributed by atoms with Gasteiger partial charge in [-0.05, 0) is 16.5 Å². The van der Waals surface area contributed by atoms with Crippen LogP contribution in [0.25, 0.3) is 0 Å². The highest BCUT2D eigenvalue weighted by Gasteiger charge is 2.12. The van der Waals surface area contributed by atoms with E-state index in [2.05, 4.69) is 38.1 Å². The molecule has 1 N–H and O–H groups in total. The molecular weight excluding hydrogens is 214 g/mol. The van der Waals surface area contributed by atoms with E-state index in [-0.39, 0.29) is 5.41 Å². The number of nitrogens with zero attached hydrogens (tertiary/aromatic N) is 1. The highest BCUT2D eigenvalue weighted by Crippen LogP contribution is 2.21. The lowest BCUT2D eigenvalue weighted by Crippen LogP contribution is -2.10. The second-order valence-corrected chi connectivity index (χ2v) is 5.07. The standard InChI is InChI=1S/C14H21NO2/c1-5-13(16)17-15-10-11-6-8-12(9-7-11)14(2,3)4/h6-10,13,16H,5H2,1-4H3/b15-10+. The van der Waals surface area contributed by atoms with E-state index in [0.29, 0.717) is 6.42 Å². The molecule has 17 heavy (non-hydrogen) atoms. The Balaban J connectivity index is 2.63. The molecule has 1 unspecified atom stereocenters. The maximum Gasteiger partial charge on any atom is 0.224 e. The number of oxime groups is 1. The fraction of sp³-hybridized carbons (Fsp3) is 0.500. The fourth-order valence-corrected chi connectivity index (χ4v) is 1.31. The van der Waals surface area contributed by atoms with Crippen LogP contribution in [-0.4, -0.2) is 17.6 Å². The van der Waals surface area contributed by atoms with Gasteiger partial charge in [-0.15, -0.1) is 0 Å². The number of aliphatic hydroxyl groups excluding tert-OH is 1. The number of rotatable bonds is 4. The third-order valence-electron chi connectivity index (χ3n) is 2.51. The fourth-order valence-electron chi connectivity index (χ4n) is 1.31. The van der Waals surface area contributed by atoms with Crippen LogP contribution < -0.4 is 0 Å². The third kappa shape index (κ3) is 4.57. The van der Waals surface area contributed by atoms with Crippen molar-refractivity contribution < 1.29 is 9.94 Å². The van der Waals surface area contributed by atoms with Crippen molar-refractivity contribution in [3.8, 4) is 0 Å². The van der Waals surface area contributed by atoms with Crippen LogP contribution in [0.5, 0.6) is 0 Å². The summed E-state index contributed by atoms with van der Waals surface area (Å²) in [7, 11) is 0. The molecule has 0 saturated heterocycles. The van der Waals surface area contributed by atoms with Crippen molar-refractivity contribution >= 4 is 6.21 Å². The minimum atomic E-state index is -0.819. The third-order valence-corrected chi connectivity index (χ3v) is 2.51. The van der Waals surface area contributed by atoms with Gasteiger partial charge in [0, 0.05) is 6.42 Å². The second kappa shape index (κ2) is 5.82. The maximum absolute atomic E-state index is 9.15. The molecule has 0 aliphatic carbocycles. The van der Waals surface area contributed by atoms with Crippen molar-refractivity contribution in [1.82, 2.24) is 0 Å². The molecule has 1 rings (SSSR count). The molecule has 0 heterocycles. The lowest BCUT2D eigenvalue weighted by Gasteiger charge is -2.18. The molecule has 1 aromatic rings. The van der Waals surface area contributed by atoms with Gasteiger partial charge in [0.25, 0.3) is 0 Å². The van der Waals surface area contributed by atoms with Crippen LogP contribution in [0.1, 0.15) is 45.2 Å². The molecule has 0 aliphatic heterocycles. The maximum atomic E-state index is 9.15. The zero-order chi connectivity index (χ0) is 12.9. The summed E-state index contributed by atoms with van der Waals surface area (Å²) >= 11 is 0. The van der Waals surface area contributed by atoms with Crippen LogP contribution in [0.3, 0.4) is 0 Å². The van der Waals surface area contributed by atoms with E-state index >= 15 is 0 Å². The van der Waals surface area contributed by atoms with Crippen LogP contribution in [0, 0.1) is 0 Å². The Kier molecular flexibility index (Phi) is 4.70. The van der Waals surface area contributed by atoms with Gasteiger partial charge >= 0.3 is 0 Å². The van der Waals surface area contributed by atoms with Gasteiger partial charge in [-0.1, -0.05) is 57.1 Å². The molecule has 0 bridgehead atoms. The molecular formula is C14H21NO2. The molecule has 0 amide bonds. The van der Waals surface area contributed by atoms with Crippen molar-refractivity contribution in [2.75, 3.05) is 0 Å². The quantitative estimate of drug-likeness (QED) is 0.495. The number of benzene rings is 1. The highest BCUT2D eigenvalue weighted by molar-refractivity contribution is 5.79. The van der Waals surface area contributed by atoms with Crippen LogP contribution in [0.15, 0.2) is 29.4 Å². The number of aliphatic hydroxyl groups is 1. The van der Waals surface area contributed by atoms with E-state index < -0.39 is 6.29 Å². The summed E-state index contributed by atoms with van der Waals surface area (Å²) in [6.07, 6.45) is 1.31. The molecule has 94 valence electrons. The average molecular weight is 235 g/mol. The smallest absolute Gasteiger partial charge is 0.224 e. The predicted octanol–water partition coefficient (Wildman–Crippen LogP) is 3.06. The summed E-state index contributed by atoms with van der Waals surface area (Å²) in [5.74, 6) is 0. The zero-order valence-electron chi connectivity index (χ0n) is 11.0. The van der Waals surface area contributed by atoms with E-state index in [0.717, 1.165) is 5.56 Å². The molecule has 0 aromatic heterocycles. The summed E-state index contributed by atoms with van der Waals surface area (Å²) in [5.41, 5.74) is 2.40. The Bertz CT molecular complexity index is 363. The minimum Gasteiger partial charge on any atom is -0.364 e. The summed E-state index contributed by atoms with van der Waals surface area (Å²) < 4.78 is 0. The first-order valence-corrected chi connectivity index (χ1v) is 5.91. The Morgan fingerprint density at radius 3 is 2.35 bits per heavy atom. The summed E-state index contributed by atoms with van der Waals surface area (Å²) in [5, 5.41) is 12.9. The number of hydrogen-bond donors (Lipinski definition) is 1. The average Bonchev–Trinajstić information content (AvgIpc) is 2.28. The van der Waals surface area contributed by atoms with Gasteiger partial charge in [0.05, 0.1) is 6.21 Å². The van der Waals surface area contributed by atoms with Gasteiger partial charge in [0.1, 0.15) is 0 Å². The first-order valence-electron chi connectivity index (χ1n) is 5.91. The van der Waals surface area contributed by atoms with Gasteiger partial charge < -0.3 is 9.94 Å². The van der Waals surface area contributed by atoms with Crippen molar-refractivity contribution in [3.05, 3.63) is 35.4 Å². The number of hydrogen-bond acceptors (Lipinski definition) is 3.